The van der Waals surface area contributed by atoms with Gasteiger partial charge in [-0.05, 0) is 20.3 Å². The summed E-state index contributed by atoms with van der Waals surface area (Å²) in [4.78, 5) is 8.06. The number of anilines is 1. The zero-order valence-electron chi connectivity index (χ0n) is 10.5. The van der Waals surface area contributed by atoms with E-state index in [1.165, 1.54) is 0 Å². The number of alkyl halides is 1. The first-order valence-corrected chi connectivity index (χ1v) is 7.37. The van der Waals surface area contributed by atoms with Crippen LogP contribution in [0.3, 0.4) is 0 Å². The molecular weight excluding hydrogens is 254 g/mol. The Kier molecular flexibility index (Phi) is 3.94. The molecule has 2 aromatic rings. The van der Waals surface area contributed by atoms with Gasteiger partial charge in [0.15, 0.2) is 10.8 Å². The molecule has 2 aromatic heterocycles. The van der Waals surface area contributed by atoms with Crippen LogP contribution in [0, 0.1) is 0 Å². The second-order valence-electron chi connectivity index (χ2n) is 4.36. The number of nitrogens with zero attached hydrogens (tertiary/aromatic N) is 3. The SMILES string of the molecule is CCCN(c1nc2sccn2c1CCl)C(C)C. The van der Waals surface area contributed by atoms with E-state index < -0.39 is 0 Å². The first kappa shape index (κ1) is 12.7. The number of aromatic nitrogens is 2. The van der Waals surface area contributed by atoms with Crippen molar-refractivity contribution < 1.29 is 0 Å². The molecule has 0 unspecified atom stereocenters. The summed E-state index contributed by atoms with van der Waals surface area (Å²) in [6.45, 7) is 7.60. The highest BCUT2D eigenvalue weighted by Gasteiger charge is 2.19. The molecule has 0 amide bonds. The van der Waals surface area contributed by atoms with Crippen LogP contribution in [0.4, 0.5) is 5.82 Å². The summed E-state index contributed by atoms with van der Waals surface area (Å²) < 4.78 is 2.10. The van der Waals surface area contributed by atoms with Crippen molar-refractivity contribution in [1.82, 2.24) is 9.38 Å². The molecular formula is C12H18ClN3S. The third-order valence-corrected chi connectivity index (χ3v) is 3.84. The second-order valence-corrected chi connectivity index (χ2v) is 5.50. The van der Waals surface area contributed by atoms with Crippen LogP contribution in [0.15, 0.2) is 11.6 Å². The van der Waals surface area contributed by atoms with Gasteiger partial charge in [-0.1, -0.05) is 6.92 Å². The van der Waals surface area contributed by atoms with Crippen LogP contribution in [0.2, 0.25) is 0 Å². The Morgan fingerprint density at radius 1 is 1.53 bits per heavy atom. The van der Waals surface area contributed by atoms with Gasteiger partial charge in [-0.15, -0.1) is 22.9 Å². The third kappa shape index (κ3) is 2.29. The fourth-order valence-electron chi connectivity index (χ4n) is 2.02. The molecule has 0 N–H and O–H groups in total. The standard InChI is InChI=1S/C12H18ClN3S/c1-4-5-15(9(2)3)11-10(8-13)16-6-7-17-12(16)14-11/h6-7,9H,4-5,8H2,1-3H3. The lowest BCUT2D eigenvalue weighted by Crippen LogP contribution is -2.32. The van der Waals surface area contributed by atoms with Crippen molar-refractivity contribution in [3.63, 3.8) is 0 Å². The maximum atomic E-state index is 6.08. The Morgan fingerprint density at radius 3 is 2.88 bits per heavy atom. The van der Waals surface area contributed by atoms with E-state index in [1.807, 2.05) is 11.6 Å². The predicted molar refractivity (Wildman–Crippen MR) is 75.4 cm³/mol. The lowest BCUT2D eigenvalue weighted by molar-refractivity contribution is 0.661. The number of hydrogen-bond donors (Lipinski definition) is 0. The normalized spacial score (nSPS) is 11.6. The molecule has 5 heteroatoms. The monoisotopic (exact) mass is 271 g/mol. The highest BCUT2D eigenvalue weighted by Crippen LogP contribution is 2.27. The number of imidazole rings is 1. The van der Waals surface area contributed by atoms with Gasteiger partial charge in [0.05, 0.1) is 11.6 Å². The molecule has 0 aliphatic carbocycles. The van der Waals surface area contributed by atoms with E-state index >= 15 is 0 Å². The first-order valence-electron chi connectivity index (χ1n) is 5.96. The molecule has 3 nitrogen and oxygen atoms in total. The van der Waals surface area contributed by atoms with Crippen LogP contribution in [0.5, 0.6) is 0 Å². The molecule has 0 aliphatic heterocycles. The molecule has 17 heavy (non-hydrogen) atoms. The molecule has 0 spiro atoms. The number of thiazole rings is 1. The molecule has 0 aromatic carbocycles. The Hall–Kier alpha value is -0.740. The zero-order valence-corrected chi connectivity index (χ0v) is 12.1. The van der Waals surface area contributed by atoms with Gasteiger partial charge in [-0.3, -0.25) is 4.40 Å². The number of halogens is 1. The highest BCUT2D eigenvalue weighted by atomic mass is 35.5. The molecule has 0 saturated carbocycles. The fraction of sp³-hybridized carbons (Fsp3) is 0.583. The molecule has 0 atom stereocenters. The molecule has 94 valence electrons. The molecule has 0 bridgehead atoms. The van der Waals surface area contributed by atoms with Crippen molar-refractivity contribution in [3.05, 3.63) is 17.3 Å². The van der Waals surface area contributed by atoms with Gasteiger partial charge in [0.25, 0.3) is 0 Å². The van der Waals surface area contributed by atoms with Crippen molar-refractivity contribution in [1.29, 1.82) is 0 Å². The van der Waals surface area contributed by atoms with E-state index in [4.69, 9.17) is 16.6 Å². The molecule has 0 fully saturated rings. The number of fused-ring (bicyclic) bond motifs is 1. The zero-order chi connectivity index (χ0) is 12.4. The summed E-state index contributed by atoms with van der Waals surface area (Å²) in [5, 5.41) is 2.04. The Bertz CT molecular complexity index is 489. The Morgan fingerprint density at radius 2 is 2.29 bits per heavy atom. The lowest BCUT2D eigenvalue weighted by Gasteiger charge is -2.27. The predicted octanol–water partition coefficient (Wildman–Crippen LogP) is 3.76. The fourth-order valence-corrected chi connectivity index (χ4v) is 3.00. The minimum Gasteiger partial charge on any atom is -0.353 e. The van der Waals surface area contributed by atoms with Gasteiger partial charge in [0.2, 0.25) is 0 Å². The average Bonchev–Trinajstić information content (AvgIpc) is 2.84. The Balaban J connectivity index is 2.47. The van der Waals surface area contributed by atoms with E-state index in [9.17, 15) is 0 Å². The van der Waals surface area contributed by atoms with Crippen LogP contribution in [-0.2, 0) is 5.88 Å². The minimum atomic E-state index is 0.446. The summed E-state index contributed by atoms with van der Waals surface area (Å²) in [5.41, 5.74) is 1.10. The molecule has 0 radical (unpaired) electrons. The molecule has 2 heterocycles. The van der Waals surface area contributed by atoms with Crippen molar-refractivity contribution >= 4 is 33.7 Å². The number of rotatable bonds is 5. The average molecular weight is 272 g/mol. The highest BCUT2D eigenvalue weighted by molar-refractivity contribution is 7.15. The minimum absolute atomic E-state index is 0.446. The summed E-state index contributed by atoms with van der Waals surface area (Å²) in [6, 6.07) is 0.446. The van der Waals surface area contributed by atoms with Crippen molar-refractivity contribution in [2.45, 2.75) is 39.1 Å². The summed E-state index contributed by atoms with van der Waals surface area (Å²) in [5.74, 6) is 1.55. The van der Waals surface area contributed by atoms with Crippen molar-refractivity contribution in [2.24, 2.45) is 0 Å². The van der Waals surface area contributed by atoms with Gasteiger partial charge in [-0.2, -0.15) is 0 Å². The van der Waals surface area contributed by atoms with Crippen LogP contribution in [0.25, 0.3) is 4.96 Å². The summed E-state index contributed by atoms with van der Waals surface area (Å²) in [6.07, 6.45) is 3.16. The third-order valence-electron chi connectivity index (χ3n) is 2.83. The van der Waals surface area contributed by atoms with Gasteiger partial charge in [0.1, 0.15) is 0 Å². The van der Waals surface area contributed by atoms with Crippen LogP contribution < -0.4 is 4.90 Å². The Labute approximate surface area is 111 Å². The molecule has 0 aliphatic rings. The molecule has 2 rings (SSSR count). The largest absolute Gasteiger partial charge is 0.353 e. The van der Waals surface area contributed by atoms with E-state index in [0.29, 0.717) is 11.9 Å². The maximum absolute atomic E-state index is 6.08. The van der Waals surface area contributed by atoms with E-state index in [2.05, 4.69) is 30.1 Å². The van der Waals surface area contributed by atoms with E-state index in [-0.39, 0.29) is 0 Å². The van der Waals surface area contributed by atoms with Crippen LogP contribution in [0.1, 0.15) is 32.9 Å². The second kappa shape index (κ2) is 5.27. The van der Waals surface area contributed by atoms with Gasteiger partial charge < -0.3 is 4.90 Å². The van der Waals surface area contributed by atoms with E-state index in [0.717, 1.165) is 29.4 Å². The van der Waals surface area contributed by atoms with Crippen molar-refractivity contribution in [2.75, 3.05) is 11.4 Å². The van der Waals surface area contributed by atoms with Gasteiger partial charge >= 0.3 is 0 Å². The first-order chi connectivity index (χ1) is 8.19. The molecule has 0 saturated heterocycles. The van der Waals surface area contributed by atoms with Crippen LogP contribution >= 0.6 is 22.9 Å². The summed E-state index contributed by atoms with van der Waals surface area (Å²) >= 11 is 7.73. The smallest absolute Gasteiger partial charge is 0.195 e. The topological polar surface area (TPSA) is 20.5 Å². The lowest BCUT2D eigenvalue weighted by atomic mass is 10.2. The van der Waals surface area contributed by atoms with E-state index in [1.54, 1.807) is 11.3 Å². The number of hydrogen-bond acceptors (Lipinski definition) is 3. The van der Waals surface area contributed by atoms with Crippen LogP contribution in [-0.4, -0.2) is 22.0 Å². The van der Waals surface area contributed by atoms with Gasteiger partial charge in [0, 0.05) is 24.2 Å². The quantitative estimate of drug-likeness (QED) is 0.772. The maximum Gasteiger partial charge on any atom is 0.195 e. The van der Waals surface area contributed by atoms with Crippen molar-refractivity contribution in [3.8, 4) is 0 Å². The van der Waals surface area contributed by atoms with Gasteiger partial charge in [-0.25, -0.2) is 4.98 Å². The summed E-state index contributed by atoms with van der Waals surface area (Å²) in [7, 11) is 0.